The van der Waals surface area contributed by atoms with Gasteiger partial charge < -0.3 is 4.43 Å². The van der Waals surface area contributed by atoms with Crippen molar-refractivity contribution in [3.63, 3.8) is 0 Å². The Labute approximate surface area is 123 Å². The van der Waals surface area contributed by atoms with E-state index < -0.39 is 8.32 Å². The molecule has 0 amide bonds. The first-order chi connectivity index (χ1) is 7.64. The van der Waals surface area contributed by atoms with E-state index in [1.165, 1.54) is 12.0 Å². The van der Waals surface area contributed by atoms with E-state index in [0.29, 0.717) is 11.1 Å². The Morgan fingerprint density at radius 2 is 1.88 bits per heavy atom. The van der Waals surface area contributed by atoms with Gasteiger partial charge in [-0.25, -0.2) is 0 Å². The Morgan fingerprint density at radius 3 is 2.24 bits per heavy atom. The second-order valence-corrected chi connectivity index (χ2v) is 11.9. The zero-order valence-electron chi connectivity index (χ0n) is 12.4. The smallest absolute Gasteiger partial charge is 0.192 e. The summed E-state index contributed by atoms with van der Waals surface area (Å²) in [5, 5.41) is 0.296. The maximum atomic E-state index is 6.49. The number of hydrogen-bond acceptors (Lipinski definition) is 1. The van der Waals surface area contributed by atoms with Crippen LogP contribution in [0.3, 0.4) is 0 Å². The molecule has 0 saturated heterocycles. The van der Waals surface area contributed by atoms with Crippen molar-refractivity contribution in [2.24, 2.45) is 0 Å². The maximum absolute atomic E-state index is 6.49. The SMILES string of the molecule is C=C(CI)C[C@@H](CCC)O[Si](C)(C)C(C)(C)C. The number of rotatable bonds is 7. The molecule has 0 bridgehead atoms. The first kappa shape index (κ1) is 17.6. The summed E-state index contributed by atoms with van der Waals surface area (Å²) in [5.74, 6) is 0. The van der Waals surface area contributed by atoms with Gasteiger partial charge in [0.1, 0.15) is 0 Å². The van der Waals surface area contributed by atoms with E-state index in [4.69, 9.17) is 4.43 Å². The average Bonchev–Trinajstić information content (AvgIpc) is 2.15. The van der Waals surface area contributed by atoms with Crippen LogP contribution in [0.4, 0.5) is 0 Å². The Balaban J connectivity index is 4.58. The van der Waals surface area contributed by atoms with Gasteiger partial charge in [-0.05, 0) is 31.0 Å². The van der Waals surface area contributed by atoms with Gasteiger partial charge in [0.15, 0.2) is 8.32 Å². The third-order valence-corrected chi connectivity index (χ3v) is 9.20. The van der Waals surface area contributed by atoms with Gasteiger partial charge in [0, 0.05) is 10.5 Å². The third kappa shape index (κ3) is 6.39. The molecule has 0 spiro atoms. The van der Waals surface area contributed by atoms with Gasteiger partial charge in [-0.1, -0.05) is 68.9 Å². The van der Waals surface area contributed by atoms with E-state index in [9.17, 15) is 0 Å². The van der Waals surface area contributed by atoms with Crippen LogP contribution in [0.2, 0.25) is 18.1 Å². The summed E-state index contributed by atoms with van der Waals surface area (Å²) < 4.78 is 7.53. The topological polar surface area (TPSA) is 9.23 Å². The van der Waals surface area contributed by atoms with Gasteiger partial charge in [-0.3, -0.25) is 0 Å². The molecule has 0 rings (SSSR count). The molecule has 0 aliphatic heterocycles. The molecule has 0 aromatic rings. The summed E-state index contributed by atoms with van der Waals surface area (Å²) in [6.07, 6.45) is 3.75. The Kier molecular flexibility index (Phi) is 7.57. The quantitative estimate of drug-likeness (QED) is 0.247. The van der Waals surface area contributed by atoms with Gasteiger partial charge in [-0.15, -0.1) is 0 Å². The van der Waals surface area contributed by atoms with Crippen LogP contribution in [0.15, 0.2) is 12.2 Å². The van der Waals surface area contributed by atoms with Gasteiger partial charge in [0.25, 0.3) is 0 Å². The third-order valence-electron chi connectivity index (χ3n) is 3.58. The first-order valence-electron chi connectivity index (χ1n) is 6.54. The van der Waals surface area contributed by atoms with Gasteiger partial charge in [-0.2, -0.15) is 0 Å². The van der Waals surface area contributed by atoms with Crippen molar-refractivity contribution in [1.82, 2.24) is 0 Å². The van der Waals surface area contributed by atoms with Crippen molar-refractivity contribution in [3.05, 3.63) is 12.2 Å². The lowest BCUT2D eigenvalue weighted by Gasteiger charge is -2.39. The Bertz CT molecular complexity index is 243. The van der Waals surface area contributed by atoms with Crippen molar-refractivity contribution in [1.29, 1.82) is 0 Å². The molecule has 0 heterocycles. The van der Waals surface area contributed by atoms with E-state index in [2.05, 4.69) is 70.0 Å². The summed E-state index contributed by atoms with van der Waals surface area (Å²) in [7, 11) is -1.63. The van der Waals surface area contributed by atoms with Crippen molar-refractivity contribution in [3.8, 4) is 0 Å². The van der Waals surface area contributed by atoms with Crippen LogP contribution in [0, 0.1) is 0 Å². The summed E-state index contributed by atoms with van der Waals surface area (Å²) in [5.41, 5.74) is 1.31. The van der Waals surface area contributed by atoms with E-state index in [0.717, 1.165) is 17.3 Å². The predicted molar refractivity (Wildman–Crippen MR) is 89.6 cm³/mol. The predicted octanol–water partition coefficient (Wildman–Crippen LogP) is 5.56. The lowest BCUT2D eigenvalue weighted by atomic mass is 10.1. The highest BCUT2D eigenvalue weighted by Crippen LogP contribution is 2.38. The molecule has 0 aliphatic rings. The zero-order valence-corrected chi connectivity index (χ0v) is 15.6. The van der Waals surface area contributed by atoms with Gasteiger partial charge in [0.2, 0.25) is 0 Å². The van der Waals surface area contributed by atoms with E-state index >= 15 is 0 Å². The molecule has 0 aromatic carbocycles. The lowest BCUT2D eigenvalue weighted by Crippen LogP contribution is -2.44. The minimum absolute atomic E-state index is 0.296. The fourth-order valence-corrected chi connectivity index (χ4v) is 3.19. The van der Waals surface area contributed by atoms with E-state index in [1.807, 2.05) is 0 Å². The van der Waals surface area contributed by atoms with Crippen LogP contribution in [-0.2, 0) is 4.43 Å². The Morgan fingerprint density at radius 1 is 1.35 bits per heavy atom. The normalized spacial score (nSPS) is 14.8. The van der Waals surface area contributed by atoms with Crippen molar-refractivity contribution < 1.29 is 4.43 Å². The van der Waals surface area contributed by atoms with Crippen LogP contribution in [0.5, 0.6) is 0 Å². The summed E-state index contributed by atoms with van der Waals surface area (Å²) >= 11 is 2.38. The van der Waals surface area contributed by atoms with Crippen molar-refractivity contribution in [2.75, 3.05) is 4.43 Å². The van der Waals surface area contributed by atoms with Gasteiger partial charge >= 0.3 is 0 Å². The maximum Gasteiger partial charge on any atom is 0.192 e. The molecule has 0 fully saturated rings. The Hall–Kier alpha value is 0.647. The lowest BCUT2D eigenvalue weighted by molar-refractivity contribution is 0.170. The molecule has 0 N–H and O–H groups in total. The molecule has 1 nitrogen and oxygen atoms in total. The molecule has 1 atom stereocenters. The van der Waals surface area contributed by atoms with Crippen molar-refractivity contribution in [2.45, 2.75) is 71.2 Å². The fourth-order valence-electron chi connectivity index (χ4n) is 1.49. The number of alkyl halides is 1. The highest BCUT2D eigenvalue weighted by atomic mass is 127. The van der Waals surface area contributed by atoms with E-state index in [-0.39, 0.29) is 0 Å². The zero-order chi connectivity index (χ0) is 13.7. The fraction of sp³-hybridized carbons (Fsp3) is 0.857. The highest BCUT2D eigenvalue weighted by molar-refractivity contribution is 14.1. The number of hydrogen-bond donors (Lipinski definition) is 0. The molecule has 0 saturated carbocycles. The summed E-state index contributed by atoms with van der Waals surface area (Å²) in [6.45, 7) is 17.9. The van der Waals surface area contributed by atoms with Crippen LogP contribution in [0.25, 0.3) is 0 Å². The van der Waals surface area contributed by atoms with Gasteiger partial charge in [0.05, 0.1) is 0 Å². The van der Waals surface area contributed by atoms with E-state index in [1.54, 1.807) is 0 Å². The van der Waals surface area contributed by atoms with Crippen LogP contribution in [-0.4, -0.2) is 18.8 Å². The number of halogens is 1. The molecule has 0 aliphatic carbocycles. The second kappa shape index (κ2) is 7.29. The minimum Gasteiger partial charge on any atom is -0.414 e. The monoisotopic (exact) mass is 368 g/mol. The standard InChI is InChI=1S/C14H29IOSi/c1-8-9-13(10-12(2)11-15)16-17(6,7)14(3,4)5/h13H,2,8-11H2,1,3-7H3/t13-/m1/s1. The minimum atomic E-state index is -1.63. The highest BCUT2D eigenvalue weighted by Gasteiger charge is 2.38. The average molecular weight is 368 g/mol. The molecule has 3 heteroatoms. The summed E-state index contributed by atoms with van der Waals surface area (Å²) in [6, 6.07) is 0. The van der Waals surface area contributed by atoms with Crippen molar-refractivity contribution >= 4 is 30.9 Å². The summed E-state index contributed by atoms with van der Waals surface area (Å²) in [4.78, 5) is 0. The molecular formula is C14H29IOSi. The first-order valence-corrected chi connectivity index (χ1v) is 11.0. The second-order valence-electron chi connectivity index (χ2n) is 6.38. The molecular weight excluding hydrogens is 339 g/mol. The van der Waals surface area contributed by atoms with Crippen LogP contribution < -0.4 is 0 Å². The molecule has 0 unspecified atom stereocenters. The molecule has 0 aromatic heterocycles. The molecule has 17 heavy (non-hydrogen) atoms. The largest absolute Gasteiger partial charge is 0.414 e. The molecule has 0 radical (unpaired) electrons. The van der Waals surface area contributed by atoms with Crippen LogP contribution in [0.1, 0.15) is 47.0 Å². The van der Waals surface area contributed by atoms with Crippen LogP contribution >= 0.6 is 22.6 Å². The molecule has 102 valence electrons.